The Morgan fingerprint density at radius 2 is 1.58 bits per heavy atom. The molecule has 1 fully saturated rings. The third-order valence-corrected chi connectivity index (χ3v) is 6.38. The molecule has 0 unspecified atom stereocenters. The maximum atomic E-state index is 6.16. The first-order chi connectivity index (χ1) is 15.2. The Kier molecular flexibility index (Phi) is 5.77. The molecule has 1 aliphatic heterocycles. The van der Waals surface area contributed by atoms with Gasteiger partial charge in [0.05, 0.1) is 11.4 Å². The molecule has 0 N–H and O–H groups in total. The van der Waals surface area contributed by atoms with Crippen LogP contribution in [0.3, 0.4) is 0 Å². The molecule has 0 bridgehead atoms. The highest BCUT2D eigenvalue weighted by Gasteiger charge is 2.19. The maximum absolute atomic E-state index is 6.16. The van der Waals surface area contributed by atoms with Gasteiger partial charge in [-0.15, -0.1) is 0 Å². The second kappa shape index (κ2) is 8.83. The molecular weight excluding hydrogens is 404 g/mol. The van der Waals surface area contributed by atoms with E-state index in [4.69, 9.17) is 16.6 Å². The number of pyridine rings is 1. The van der Waals surface area contributed by atoms with Gasteiger partial charge in [-0.05, 0) is 62.0 Å². The molecule has 0 atom stereocenters. The molecule has 1 aliphatic rings. The van der Waals surface area contributed by atoms with Crippen molar-refractivity contribution in [3.05, 3.63) is 83.6 Å². The fourth-order valence-corrected chi connectivity index (χ4v) is 4.48. The van der Waals surface area contributed by atoms with Crippen molar-refractivity contribution in [2.75, 3.05) is 33.2 Å². The number of imidazole rings is 1. The van der Waals surface area contributed by atoms with Crippen LogP contribution in [0.5, 0.6) is 0 Å². The van der Waals surface area contributed by atoms with Gasteiger partial charge in [-0.3, -0.25) is 4.90 Å². The normalized spacial score (nSPS) is 15.9. The first-order valence-electron chi connectivity index (χ1n) is 10.9. The van der Waals surface area contributed by atoms with Gasteiger partial charge < -0.3 is 9.30 Å². The van der Waals surface area contributed by atoms with Crippen molar-refractivity contribution in [1.29, 1.82) is 0 Å². The Hall–Kier alpha value is -2.66. The average molecular weight is 431 g/mol. The number of benzene rings is 2. The van der Waals surface area contributed by atoms with E-state index in [1.54, 1.807) is 0 Å². The molecule has 0 aliphatic carbocycles. The second-order valence-corrected chi connectivity index (χ2v) is 8.80. The lowest BCUT2D eigenvalue weighted by Gasteiger charge is -2.21. The molecule has 3 heterocycles. The topological polar surface area (TPSA) is 23.8 Å². The zero-order valence-electron chi connectivity index (χ0n) is 17.8. The average Bonchev–Trinajstić information content (AvgIpc) is 3.02. The fraction of sp³-hybridized carbons (Fsp3) is 0.269. The van der Waals surface area contributed by atoms with E-state index in [0.29, 0.717) is 0 Å². The monoisotopic (exact) mass is 430 g/mol. The predicted octanol–water partition coefficient (Wildman–Crippen LogP) is 5.46. The summed E-state index contributed by atoms with van der Waals surface area (Å²) in [5.74, 6) is 0. The van der Waals surface area contributed by atoms with Gasteiger partial charge in [-0.2, -0.15) is 0 Å². The molecule has 1 saturated heterocycles. The quantitative estimate of drug-likeness (QED) is 0.429. The van der Waals surface area contributed by atoms with Crippen molar-refractivity contribution in [1.82, 2.24) is 19.2 Å². The molecule has 0 spiro atoms. The van der Waals surface area contributed by atoms with Crippen molar-refractivity contribution in [3.63, 3.8) is 0 Å². The Balaban J connectivity index is 1.60. The van der Waals surface area contributed by atoms with Crippen LogP contribution < -0.4 is 0 Å². The van der Waals surface area contributed by atoms with E-state index in [9.17, 15) is 0 Å². The van der Waals surface area contributed by atoms with Crippen molar-refractivity contribution in [2.24, 2.45) is 0 Å². The maximum Gasteiger partial charge on any atom is 0.137 e. The van der Waals surface area contributed by atoms with E-state index < -0.39 is 0 Å². The van der Waals surface area contributed by atoms with Crippen LogP contribution in [0.2, 0.25) is 5.02 Å². The lowest BCUT2D eigenvalue weighted by atomic mass is 10.1. The fourth-order valence-electron chi connectivity index (χ4n) is 4.35. The molecule has 2 aromatic heterocycles. The van der Waals surface area contributed by atoms with E-state index in [1.165, 1.54) is 23.2 Å². The smallest absolute Gasteiger partial charge is 0.137 e. The van der Waals surface area contributed by atoms with E-state index in [0.717, 1.165) is 54.7 Å². The Morgan fingerprint density at radius 1 is 0.806 bits per heavy atom. The number of hydrogen-bond donors (Lipinski definition) is 0. The summed E-state index contributed by atoms with van der Waals surface area (Å²) in [7, 11) is 2.21. The number of fused-ring (bicyclic) bond motifs is 1. The molecule has 4 aromatic rings. The van der Waals surface area contributed by atoms with Gasteiger partial charge in [0.2, 0.25) is 0 Å². The third-order valence-electron chi connectivity index (χ3n) is 6.13. The lowest BCUT2D eigenvalue weighted by molar-refractivity contribution is 0.266. The van der Waals surface area contributed by atoms with Gasteiger partial charge in [-0.1, -0.05) is 54.1 Å². The Labute approximate surface area is 188 Å². The summed E-state index contributed by atoms with van der Waals surface area (Å²) in [6.07, 6.45) is 3.43. The number of likely N-dealkylation sites (N-methyl/N-ethyl adjacent to an activating group) is 1. The van der Waals surface area contributed by atoms with Crippen LogP contribution >= 0.6 is 11.6 Å². The zero-order chi connectivity index (χ0) is 21.2. The summed E-state index contributed by atoms with van der Waals surface area (Å²) in [6.45, 7) is 5.32. The standard InChI is InChI=1S/C26H27ClN4/c1-29-14-5-15-30(17-16-29)19-24-26(21-8-11-23(27)12-9-21)28-25-13-10-22(18-31(24)25)20-6-3-2-4-7-20/h2-4,6-13,18H,5,14-17,19H2,1H3. The minimum Gasteiger partial charge on any atom is -0.305 e. The van der Waals surface area contributed by atoms with Gasteiger partial charge >= 0.3 is 0 Å². The van der Waals surface area contributed by atoms with Crippen molar-refractivity contribution < 1.29 is 0 Å². The Bertz CT molecular complexity index is 1170. The second-order valence-electron chi connectivity index (χ2n) is 8.36. The molecular formula is C26H27ClN4. The number of hydrogen-bond acceptors (Lipinski definition) is 3. The van der Waals surface area contributed by atoms with Gasteiger partial charge in [0.15, 0.2) is 0 Å². The van der Waals surface area contributed by atoms with E-state index in [2.05, 4.69) is 82.0 Å². The summed E-state index contributed by atoms with van der Waals surface area (Å²) in [5, 5.41) is 0.746. The van der Waals surface area contributed by atoms with Crippen LogP contribution in [0.25, 0.3) is 28.0 Å². The molecule has 4 nitrogen and oxygen atoms in total. The predicted molar refractivity (Wildman–Crippen MR) is 128 cm³/mol. The summed E-state index contributed by atoms with van der Waals surface area (Å²) < 4.78 is 2.28. The highest BCUT2D eigenvalue weighted by Crippen LogP contribution is 2.29. The van der Waals surface area contributed by atoms with Crippen LogP contribution in [0.15, 0.2) is 72.9 Å². The van der Waals surface area contributed by atoms with Crippen molar-refractivity contribution >= 4 is 17.2 Å². The minimum atomic E-state index is 0.746. The summed E-state index contributed by atoms with van der Waals surface area (Å²) >= 11 is 6.16. The first kappa shape index (κ1) is 20.3. The number of rotatable bonds is 4. The van der Waals surface area contributed by atoms with E-state index in [1.807, 2.05) is 12.1 Å². The molecule has 2 aromatic carbocycles. The summed E-state index contributed by atoms with van der Waals surface area (Å²) in [5.41, 5.74) is 6.78. The van der Waals surface area contributed by atoms with Gasteiger partial charge in [0, 0.05) is 36.4 Å². The third kappa shape index (κ3) is 4.38. The van der Waals surface area contributed by atoms with E-state index >= 15 is 0 Å². The molecule has 0 radical (unpaired) electrons. The van der Waals surface area contributed by atoms with E-state index in [-0.39, 0.29) is 0 Å². The van der Waals surface area contributed by atoms with Crippen LogP contribution in [-0.4, -0.2) is 52.4 Å². The molecule has 158 valence electrons. The number of aromatic nitrogens is 2. The van der Waals surface area contributed by atoms with Crippen LogP contribution in [-0.2, 0) is 6.54 Å². The summed E-state index contributed by atoms with van der Waals surface area (Å²) in [6, 6.07) is 22.9. The molecule has 5 heteroatoms. The molecule has 0 saturated carbocycles. The zero-order valence-corrected chi connectivity index (χ0v) is 18.6. The number of nitrogens with zero attached hydrogens (tertiary/aromatic N) is 4. The van der Waals surface area contributed by atoms with Crippen molar-refractivity contribution in [3.8, 4) is 22.4 Å². The lowest BCUT2D eigenvalue weighted by Crippen LogP contribution is -2.29. The first-order valence-corrected chi connectivity index (χ1v) is 11.3. The van der Waals surface area contributed by atoms with Gasteiger partial charge in [0.25, 0.3) is 0 Å². The molecule has 31 heavy (non-hydrogen) atoms. The van der Waals surface area contributed by atoms with Crippen LogP contribution in [0.1, 0.15) is 12.1 Å². The summed E-state index contributed by atoms with van der Waals surface area (Å²) in [4.78, 5) is 10.0. The van der Waals surface area contributed by atoms with Crippen LogP contribution in [0, 0.1) is 0 Å². The van der Waals surface area contributed by atoms with Gasteiger partial charge in [0.1, 0.15) is 5.65 Å². The Morgan fingerprint density at radius 3 is 2.39 bits per heavy atom. The highest BCUT2D eigenvalue weighted by atomic mass is 35.5. The minimum absolute atomic E-state index is 0.746. The largest absolute Gasteiger partial charge is 0.305 e. The van der Waals surface area contributed by atoms with Crippen LogP contribution in [0.4, 0.5) is 0 Å². The molecule has 5 rings (SSSR count). The van der Waals surface area contributed by atoms with Crippen molar-refractivity contribution in [2.45, 2.75) is 13.0 Å². The number of halogens is 1. The van der Waals surface area contributed by atoms with Gasteiger partial charge in [-0.25, -0.2) is 4.98 Å². The highest BCUT2D eigenvalue weighted by molar-refractivity contribution is 6.30. The molecule has 0 amide bonds. The SMILES string of the molecule is CN1CCCN(Cc2c(-c3ccc(Cl)cc3)nc3ccc(-c4ccccc4)cn23)CC1.